The molecule has 0 aliphatic carbocycles. The van der Waals surface area contributed by atoms with Crippen LogP contribution in [-0.4, -0.2) is 14.2 Å². The summed E-state index contributed by atoms with van der Waals surface area (Å²) >= 11 is 5.89. The van der Waals surface area contributed by atoms with Crippen LogP contribution < -0.4 is 0 Å². The van der Waals surface area contributed by atoms with Gasteiger partial charge >= 0.3 is 0 Å². The first-order valence-corrected chi connectivity index (χ1v) is 8.20. The molecule has 0 saturated heterocycles. The summed E-state index contributed by atoms with van der Waals surface area (Å²) in [5.74, 6) is 0.0677. The lowest BCUT2D eigenvalue weighted by Crippen LogP contribution is -2.11. The van der Waals surface area contributed by atoms with Gasteiger partial charge in [-0.15, -0.1) is 0 Å². The molecule has 1 rings (SSSR count). The molecule has 5 heteroatoms. The van der Waals surface area contributed by atoms with Gasteiger partial charge in [0.1, 0.15) is 0 Å². The van der Waals surface area contributed by atoms with E-state index in [9.17, 15) is 8.42 Å². The normalized spacial score (nSPS) is 12.1. The molecule has 0 N–H and O–H groups in total. The standard InChI is InChI=1S/C14H18ClNO2S/c1-14(2,11-16)9-5-6-10-19(17,18)13-8-4-3-7-12(13)15/h3-4,7-8H,5-6,9-10H2,1-2H3. The van der Waals surface area contributed by atoms with Crippen molar-refractivity contribution >= 4 is 21.4 Å². The Morgan fingerprint density at radius 1 is 1.26 bits per heavy atom. The molecule has 0 atom stereocenters. The number of nitriles is 1. The molecule has 0 unspecified atom stereocenters. The molecule has 0 aliphatic heterocycles. The Morgan fingerprint density at radius 2 is 1.89 bits per heavy atom. The van der Waals surface area contributed by atoms with Crippen LogP contribution >= 0.6 is 11.6 Å². The van der Waals surface area contributed by atoms with E-state index in [2.05, 4.69) is 6.07 Å². The predicted molar refractivity (Wildman–Crippen MR) is 76.7 cm³/mol. The van der Waals surface area contributed by atoms with Crippen molar-refractivity contribution < 1.29 is 8.42 Å². The molecule has 0 bridgehead atoms. The fraction of sp³-hybridized carbons (Fsp3) is 0.500. The van der Waals surface area contributed by atoms with Gasteiger partial charge in [-0.05, 0) is 38.8 Å². The second-order valence-corrected chi connectivity index (χ2v) is 7.69. The largest absolute Gasteiger partial charge is 0.224 e. The second kappa shape index (κ2) is 6.40. The molecule has 0 saturated carbocycles. The topological polar surface area (TPSA) is 57.9 Å². The lowest BCUT2D eigenvalue weighted by molar-refractivity contribution is 0.431. The van der Waals surface area contributed by atoms with Crippen LogP contribution in [0.2, 0.25) is 5.02 Å². The van der Waals surface area contributed by atoms with Crippen molar-refractivity contribution in [3.05, 3.63) is 29.3 Å². The minimum atomic E-state index is -3.33. The van der Waals surface area contributed by atoms with Gasteiger partial charge in [-0.25, -0.2) is 8.42 Å². The second-order valence-electron chi connectivity index (χ2n) is 5.20. The molecule has 104 valence electrons. The zero-order valence-electron chi connectivity index (χ0n) is 11.2. The zero-order valence-corrected chi connectivity index (χ0v) is 12.8. The fourth-order valence-electron chi connectivity index (χ4n) is 1.72. The van der Waals surface area contributed by atoms with Crippen LogP contribution in [0.3, 0.4) is 0 Å². The summed E-state index contributed by atoms with van der Waals surface area (Å²) < 4.78 is 24.2. The number of hydrogen-bond acceptors (Lipinski definition) is 3. The molecular weight excluding hydrogens is 282 g/mol. The van der Waals surface area contributed by atoms with Crippen molar-refractivity contribution in [2.24, 2.45) is 5.41 Å². The highest BCUT2D eigenvalue weighted by molar-refractivity contribution is 7.91. The van der Waals surface area contributed by atoms with Gasteiger partial charge in [-0.2, -0.15) is 5.26 Å². The lowest BCUT2D eigenvalue weighted by atomic mass is 9.89. The summed E-state index contributed by atoms with van der Waals surface area (Å²) in [7, 11) is -3.33. The molecule has 0 fully saturated rings. The van der Waals surface area contributed by atoms with Crippen molar-refractivity contribution in [2.45, 2.75) is 38.0 Å². The Balaban J connectivity index is 2.59. The molecule has 0 aromatic heterocycles. The van der Waals surface area contributed by atoms with Gasteiger partial charge in [-0.3, -0.25) is 0 Å². The molecule has 19 heavy (non-hydrogen) atoms. The van der Waals surface area contributed by atoms with Gasteiger partial charge < -0.3 is 0 Å². The molecule has 1 aromatic carbocycles. The molecule has 3 nitrogen and oxygen atoms in total. The van der Waals surface area contributed by atoms with E-state index in [0.29, 0.717) is 19.3 Å². The van der Waals surface area contributed by atoms with Crippen molar-refractivity contribution in [2.75, 3.05) is 5.75 Å². The Hall–Kier alpha value is -1.05. The van der Waals surface area contributed by atoms with E-state index in [0.717, 1.165) is 0 Å². The Labute approximate surface area is 120 Å². The van der Waals surface area contributed by atoms with Crippen LogP contribution in [0, 0.1) is 16.7 Å². The van der Waals surface area contributed by atoms with E-state index in [1.807, 2.05) is 13.8 Å². The van der Waals surface area contributed by atoms with Gasteiger partial charge in [0.05, 0.1) is 27.2 Å². The highest BCUT2D eigenvalue weighted by Gasteiger charge is 2.19. The molecule has 0 radical (unpaired) electrons. The van der Waals surface area contributed by atoms with E-state index in [1.54, 1.807) is 18.2 Å². The number of sulfone groups is 1. The smallest absolute Gasteiger partial charge is 0.179 e. The number of halogens is 1. The molecular formula is C14H18ClNO2S. The third-order valence-corrected chi connectivity index (χ3v) is 5.23. The molecule has 0 heterocycles. The molecule has 0 amide bonds. The average Bonchev–Trinajstić information content (AvgIpc) is 2.35. The number of hydrogen-bond donors (Lipinski definition) is 0. The van der Waals surface area contributed by atoms with Crippen molar-refractivity contribution in [3.8, 4) is 6.07 Å². The van der Waals surface area contributed by atoms with Crippen molar-refractivity contribution in [1.29, 1.82) is 5.26 Å². The summed E-state index contributed by atoms with van der Waals surface area (Å²) in [4.78, 5) is 0.191. The van der Waals surface area contributed by atoms with E-state index in [4.69, 9.17) is 16.9 Å². The third kappa shape index (κ3) is 4.85. The maximum absolute atomic E-state index is 12.1. The Kier molecular flexibility index (Phi) is 5.39. The van der Waals surface area contributed by atoms with E-state index in [-0.39, 0.29) is 15.7 Å². The number of benzene rings is 1. The third-order valence-electron chi connectivity index (χ3n) is 2.94. The first kappa shape index (κ1) is 16.0. The maximum Gasteiger partial charge on any atom is 0.179 e. The highest BCUT2D eigenvalue weighted by atomic mass is 35.5. The van der Waals surface area contributed by atoms with Crippen LogP contribution in [0.5, 0.6) is 0 Å². The summed E-state index contributed by atoms with van der Waals surface area (Å²) in [5.41, 5.74) is -0.395. The van der Waals surface area contributed by atoms with Crippen molar-refractivity contribution in [3.63, 3.8) is 0 Å². The van der Waals surface area contributed by atoms with Gasteiger partial charge in [-0.1, -0.05) is 30.2 Å². The number of unbranched alkanes of at least 4 members (excludes halogenated alkanes) is 1. The van der Waals surface area contributed by atoms with Gasteiger partial charge in [0.25, 0.3) is 0 Å². The van der Waals surface area contributed by atoms with E-state index in [1.165, 1.54) is 6.07 Å². The first-order valence-electron chi connectivity index (χ1n) is 6.17. The summed E-state index contributed by atoms with van der Waals surface area (Å²) in [6.45, 7) is 3.71. The van der Waals surface area contributed by atoms with E-state index >= 15 is 0 Å². The zero-order chi connectivity index (χ0) is 14.5. The monoisotopic (exact) mass is 299 g/mol. The van der Waals surface area contributed by atoms with Crippen LogP contribution in [-0.2, 0) is 9.84 Å². The molecule has 0 aliphatic rings. The summed E-state index contributed by atoms with van der Waals surface area (Å²) in [5, 5.41) is 9.15. The fourth-order valence-corrected chi connectivity index (χ4v) is 3.67. The van der Waals surface area contributed by atoms with Crippen LogP contribution in [0.4, 0.5) is 0 Å². The minimum absolute atomic E-state index is 0.0677. The Bertz CT molecular complexity index is 573. The lowest BCUT2D eigenvalue weighted by Gasteiger charge is -2.14. The quantitative estimate of drug-likeness (QED) is 0.750. The van der Waals surface area contributed by atoms with Gasteiger partial charge in [0.2, 0.25) is 0 Å². The predicted octanol–water partition coefficient (Wildman–Crippen LogP) is 3.83. The minimum Gasteiger partial charge on any atom is -0.224 e. The maximum atomic E-state index is 12.1. The molecule has 0 spiro atoms. The summed E-state index contributed by atoms with van der Waals surface area (Å²) in [6, 6.07) is 8.68. The van der Waals surface area contributed by atoms with Crippen LogP contribution in [0.25, 0.3) is 0 Å². The SMILES string of the molecule is CC(C)(C#N)CCCCS(=O)(=O)c1ccccc1Cl. The average molecular weight is 300 g/mol. The number of rotatable bonds is 6. The first-order chi connectivity index (χ1) is 8.78. The van der Waals surface area contributed by atoms with Crippen molar-refractivity contribution in [1.82, 2.24) is 0 Å². The molecule has 1 aromatic rings. The van der Waals surface area contributed by atoms with E-state index < -0.39 is 15.3 Å². The van der Waals surface area contributed by atoms with Gasteiger partial charge in [0, 0.05) is 0 Å². The summed E-state index contributed by atoms with van der Waals surface area (Å²) in [6.07, 6.45) is 1.95. The van der Waals surface area contributed by atoms with Gasteiger partial charge in [0.15, 0.2) is 9.84 Å². The Morgan fingerprint density at radius 3 is 2.47 bits per heavy atom. The van der Waals surface area contributed by atoms with Crippen LogP contribution in [0.15, 0.2) is 29.2 Å². The van der Waals surface area contributed by atoms with Crippen LogP contribution in [0.1, 0.15) is 33.1 Å². The highest BCUT2D eigenvalue weighted by Crippen LogP contribution is 2.25. The number of nitrogens with zero attached hydrogens (tertiary/aromatic N) is 1.